The van der Waals surface area contributed by atoms with E-state index in [2.05, 4.69) is 24.0 Å². The van der Waals surface area contributed by atoms with Gasteiger partial charge >= 0.3 is 0 Å². The van der Waals surface area contributed by atoms with Gasteiger partial charge in [-0.1, -0.05) is 6.92 Å². The average molecular weight is 332 g/mol. The number of amides is 1. The summed E-state index contributed by atoms with van der Waals surface area (Å²) in [4.78, 5) is 17.0. The highest BCUT2D eigenvalue weighted by Crippen LogP contribution is 2.33. The smallest absolute Gasteiger partial charge is 0.236 e. The fourth-order valence-electron chi connectivity index (χ4n) is 4.41. The molecule has 5 heteroatoms. The number of likely N-dealkylation sites (N-methyl/N-ethyl adjacent to an activating group) is 2. The van der Waals surface area contributed by atoms with E-state index in [0.717, 1.165) is 31.6 Å². The van der Waals surface area contributed by atoms with Crippen molar-refractivity contribution < 1.29 is 4.79 Å². The Kier molecular flexibility index (Phi) is 5.28. The number of carbonyl (C=O) groups excluding carboxylic acids is 1. The molecular formula is C19H32N4O. The third kappa shape index (κ3) is 3.51. The van der Waals surface area contributed by atoms with Gasteiger partial charge in [-0.25, -0.2) is 0 Å². The molecule has 0 unspecified atom stereocenters. The highest BCUT2D eigenvalue weighted by Gasteiger charge is 2.30. The quantitative estimate of drug-likeness (QED) is 0.851. The number of hydrogen-bond acceptors (Lipinski definition) is 3. The number of rotatable bonds is 4. The zero-order valence-corrected chi connectivity index (χ0v) is 15.7. The van der Waals surface area contributed by atoms with Crippen molar-refractivity contribution in [2.45, 2.75) is 64.0 Å². The molecule has 1 saturated carbocycles. The van der Waals surface area contributed by atoms with Gasteiger partial charge in [-0.05, 0) is 57.9 Å². The standard InChI is InChI=1S/C19H32N4O/c1-14-8-10-15(11-9-14)22(3)19(24)13-21(2)17-6-5-7-18-16(17)12-20-23(18)4/h12,14-15,17H,5-11,13H2,1-4H3/t14?,15?,17-/m0/s1. The Morgan fingerprint density at radius 3 is 2.67 bits per heavy atom. The number of carbonyl (C=O) groups is 1. The maximum atomic E-state index is 12.8. The molecule has 1 aromatic heterocycles. The molecule has 0 aromatic carbocycles. The van der Waals surface area contributed by atoms with E-state index < -0.39 is 0 Å². The van der Waals surface area contributed by atoms with Crippen molar-refractivity contribution in [1.82, 2.24) is 19.6 Å². The highest BCUT2D eigenvalue weighted by atomic mass is 16.2. The molecular weight excluding hydrogens is 300 g/mol. The maximum Gasteiger partial charge on any atom is 0.236 e. The minimum absolute atomic E-state index is 0.257. The molecule has 3 rings (SSSR count). The van der Waals surface area contributed by atoms with Crippen LogP contribution in [0, 0.1) is 5.92 Å². The molecule has 2 aliphatic rings. The predicted octanol–water partition coefficient (Wildman–Crippen LogP) is 2.77. The largest absolute Gasteiger partial charge is 0.342 e. The van der Waals surface area contributed by atoms with Gasteiger partial charge < -0.3 is 4.90 Å². The molecule has 1 amide bonds. The van der Waals surface area contributed by atoms with Gasteiger partial charge in [0, 0.05) is 37.4 Å². The van der Waals surface area contributed by atoms with E-state index in [9.17, 15) is 4.79 Å². The van der Waals surface area contributed by atoms with Crippen LogP contribution >= 0.6 is 0 Å². The van der Waals surface area contributed by atoms with Crippen molar-refractivity contribution in [2.75, 3.05) is 20.6 Å². The molecule has 1 heterocycles. The molecule has 0 aliphatic heterocycles. The Balaban J connectivity index is 1.60. The fraction of sp³-hybridized carbons (Fsp3) is 0.789. The molecule has 1 aromatic rings. The van der Waals surface area contributed by atoms with Crippen LogP contribution in [0.4, 0.5) is 0 Å². The summed E-state index contributed by atoms with van der Waals surface area (Å²) in [6.07, 6.45) is 10.2. The summed E-state index contributed by atoms with van der Waals surface area (Å²) in [7, 11) is 6.10. The molecule has 1 atom stereocenters. The summed E-state index contributed by atoms with van der Waals surface area (Å²) in [5.74, 6) is 1.08. The van der Waals surface area contributed by atoms with Gasteiger partial charge in [0.2, 0.25) is 5.91 Å². The van der Waals surface area contributed by atoms with Crippen molar-refractivity contribution in [2.24, 2.45) is 13.0 Å². The van der Waals surface area contributed by atoms with Gasteiger partial charge in [0.25, 0.3) is 0 Å². The summed E-state index contributed by atoms with van der Waals surface area (Å²) < 4.78 is 1.99. The van der Waals surface area contributed by atoms with E-state index >= 15 is 0 Å². The minimum Gasteiger partial charge on any atom is -0.342 e. The summed E-state index contributed by atoms with van der Waals surface area (Å²) in [5.41, 5.74) is 2.65. The van der Waals surface area contributed by atoms with Crippen LogP contribution in [0.2, 0.25) is 0 Å². The predicted molar refractivity (Wildman–Crippen MR) is 95.7 cm³/mol. The second-order valence-corrected chi connectivity index (χ2v) is 7.91. The molecule has 0 spiro atoms. The number of hydrogen-bond donors (Lipinski definition) is 0. The molecule has 0 radical (unpaired) electrons. The van der Waals surface area contributed by atoms with Crippen LogP contribution in [0.15, 0.2) is 6.20 Å². The van der Waals surface area contributed by atoms with Gasteiger partial charge in [0.1, 0.15) is 0 Å². The molecule has 1 fully saturated rings. The third-order valence-corrected chi connectivity index (χ3v) is 6.19. The summed E-state index contributed by atoms with van der Waals surface area (Å²) in [6.45, 7) is 2.82. The van der Waals surface area contributed by atoms with Gasteiger partial charge in [0.15, 0.2) is 0 Å². The van der Waals surface area contributed by atoms with E-state index in [1.807, 2.05) is 29.9 Å². The van der Waals surface area contributed by atoms with Crippen LogP contribution in [0.1, 0.15) is 62.7 Å². The van der Waals surface area contributed by atoms with E-state index in [1.165, 1.54) is 30.5 Å². The molecule has 5 nitrogen and oxygen atoms in total. The lowest BCUT2D eigenvalue weighted by atomic mass is 9.86. The number of aromatic nitrogens is 2. The average Bonchev–Trinajstić information content (AvgIpc) is 2.96. The van der Waals surface area contributed by atoms with Crippen molar-refractivity contribution in [3.05, 3.63) is 17.5 Å². The van der Waals surface area contributed by atoms with Crippen molar-refractivity contribution >= 4 is 5.91 Å². The van der Waals surface area contributed by atoms with Gasteiger partial charge in [-0.3, -0.25) is 14.4 Å². The number of nitrogens with zero attached hydrogens (tertiary/aromatic N) is 4. The van der Waals surface area contributed by atoms with Crippen LogP contribution in [-0.4, -0.2) is 52.2 Å². The summed E-state index contributed by atoms with van der Waals surface area (Å²) in [6, 6.07) is 0.758. The summed E-state index contributed by atoms with van der Waals surface area (Å²) in [5, 5.41) is 4.42. The van der Waals surface area contributed by atoms with Crippen LogP contribution < -0.4 is 0 Å². The molecule has 24 heavy (non-hydrogen) atoms. The SMILES string of the molecule is CC1CCC(N(C)C(=O)CN(C)[C@H]2CCCc3c2cnn3C)CC1. The Hall–Kier alpha value is -1.36. The van der Waals surface area contributed by atoms with Gasteiger partial charge in [0.05, 0.1) is 12.7 Å². The van der Waals surface area contributed by atoms with E-state index in [0.29, 0.717) is 18.6 Å². The normalized spacial score (nSPS) is 27.1. The van der Waals surface area contributed by atoms with Crippen molar-refractivity contribution in [1.29, 1.82) is 0 Å². The number of fused-ring (bicyclic) bond motifs is 1. The monoisotopic (exact) mass is 332 g/mol. The van der Waals surface area contributed by atoms with Crippen LogP contribution in [0.25, 0.3) is 0 Å². The molecule has 0 bridgehead atoms. The first-order valence-corrected chi connectivity index (χ1v) is 9.44. The highest BCUT2D eigenvalue weighted by molar-refractivity contribution is 5.78. The Morgan fingerprint density at radius 2 is 1.96 bits per heavy atom. The summed E-state index contributed by atoms with van der Waals surface area (Å²) >= 11 is 0. The molecule has 134 valence electrons. The van der Waals surface area contributed by atoms with Crippen LogP contribution in [0.5, 0.6) is 0 Å². The van der Waals surface area contributed by atoms with E-state index in [1.54, 1.807) is 0 Å². The molecule has 0 saturated heterocycles. The van der Waals surface area contributed by atoms with Gasteiger partial charge in [-0.15, -0.1) is 0 Å². The molecule has 0 N–H and O–H groups in total. The first-order valence-electron chi connectivity index (χ1n) is 9.44. The lowest BCUT2D eigenvalue weighted by molar-refractivity contribution is -0.134. The Morgan fingerprint density at radius 1 is 1.25 bits per heavy atom. The van der Waals surface area contributed by atoms with Gasteiger partial charge in [-0.2, -0.15) is 5.10 Å². The van der Waals surface area contributed by atoms with E-state index in [4.69, 9.17) is 0 Å². The lowest BCUT2D eigenvalue weighted by Crippen LogP contribution is -2.44. The first kappa shape index (κ1) is 17.5. The van der Waals surface area contributed by atoms with Crippen molar-refractivity contribution in [3.8, 4) is 0 Å². The van der Waals surface area contributed by atoms with E-state index in [-0.39, 0.29) is 5.91 Å². The zero-order valence-electron chi connectivity index (χ0n) is 15.7. The third-order valence-electron chi connectivity index (χ3n) is 6.19. The zero-order chi connectivity index (χ0) is 17.3. The fourth-order valence-corrected chi connectivity index (χ4v) is 4.41. The Labute approximate surface area is 146 Å². The van der Waals surface area contributed by atoms with Crippen LogP contribution in [0.3, 0.4) is 0 Å². The maximum absolute atomic E-state index is 12.8. The number of aryl methyl sites for hydroxylation is 1. The van der Waals surface area contributed by atoms with Crippen molar-refractivity contribution in [3.63, 3.8) is 0 Å². The second kappa shape index (κ2) is 7.26. The topological polar surface area (TPSA) is 41.4 Å². The minimum atomic E-state index is 0.257. The Bertz CT molecular complexity index is 574. The second-order valence-electron chi connectivity index (χ2n) is 7.91. The lowest BCUT2D eigenvalue weighted by Gasteiger charge is -2.36. The molecule has 2 aliphatic carbocycles. The first-order chi connectivity index (χ1) is 11.5. The van der Waals surface area contributed by atoms with Crippen LogP contribution in [-0.2, 0) is 18.3 Å².